The minimum Gasteiger partial charge on any atom is -0.399 e. The molecule has 0 radical (unpaired) electrons. The first kappa shape index (κ1) is 11.7. The Kier molecular flexibility index (Phi) is 2.51. The lowest BCUT2D eigenvalue weighted by molar-refractivity contribution is -0.134. The summed E-state index contributed by atoms with van der Waals surface area (Å²) >= 11 is 0. The lowest BCUT2D eigenvalue weighted by atomic mass is 9.88. The van der Waals surface area contributed by atoms with Crippen molar-refractivity contribution in [3.63, 3.8) is 0 Å². The molecule has 2 heterocycles. The molecular weight excluding hydrogens is 244 g/mol. The number of imide groups is 1. The van der Waals surface area contributed by atoms with Gasteiger partial charge in [-0.25, -0.2) is 0 Å². The number of amides is 2. The SMILES string of the molecule is Cn1ncc2c(C3CCC(=O)NC3=O)cc(N)cc21. The van der Waals surface area contributed by atoms with Crippen LogP contribution in [0.2, 0.25) is 0 Å². The maximum absolute atomic E-state index is 12.0. The molecule has 0 aliphatic carbocycles. The Balaban J connectivity index is 2.14. The number of piperidine rings is 1. The standard InChI is InChI=1S/C13H14N4O2/c1-17-11-5-7(14)4-9(10(11)6-15-17)8-2-3-12(18)16-13(8)19/h4-6,8H,2-3,14H2,1H3,(H,16,18,19). The molecule has 1 aromatic carbocycles. The highest BCUT2D eigenvalue weighted by atomic mass is 16.2. The van der Waals surface area contributed by atoms with Crippen molar-refractivity contribution in [2.24, 2.45) is 7.05 Å². The molecule has 2 amide bonds. The Bertz CT molecular complexity index is 689. The van der Waals surface area contributed by atoms with Gasteiger partial charge < -0.3 is 5.73 Å². The van der Waals surface area contributed by atoms with Gasteiger partial charge in [0.05, 0.1) is 17.6 Å². The van der Waals surface area contributed by atoms with Crippen molar-refractivity contribution >= 4 is 28.4 Å². The van der Waals surface area contributed by atoms with Crippen molar-refractivity contribution in [2.45, 2.75) is 18.8 Å². The van der Waals surface area contributed by atoms with E-state index in [-0.39, 0.29) is 17.7 Å². The molecule has 6 heteroatoms. The van der Waals surface area contributed by atoms with Gasteiger partial charge in [-0.2, -0.15) is 5.10 Å². The fourth-order valence-electron chi connectivity index (χ4n) is 2.58. The monoisotopic (exact) mass is 258 g/mol. The fourth-order valence-corrected chi connectivity index (χ4v) is 2.58. The molecule has 2 aromatic rings. The van der Waals surface area contributed by atoms with Gasteiger partial charge in [-0.15, -0.1) is 0 Å². The molecule has 1 saturated heterocycles. The van der Waals surface area contributed by atoms with Crippen LogP contribution in [-0.4, -0.2) is 21.6 Å². The molecule has 19 heavy (non-hydrogen) atoms. The highest BCUT2D eigenvalue weighted by Crippen LogP contribution is 2.32. The van der Waals surface area contributed by atoms with Crippen molar-refractivity contribution in [3.8, 4) is 0 Å². The van der Waals surface area contributed by atoms with E-state index in [1.165, 1.54) is 0 Å². The first-order valence-electron chi connectivity index (χ1n) is 6.11. The van der Waals surface area contributed by atoms with Crippen LogP contribution in [0.5, 0.6) is 0 Å². The van der Waals surface area contributed by atoms with Gasteiger partial charge >= 0.3 is 0 Å². The smallest absolute Gasteiger partial charge is 0.234 e. The number of hydrogen-bond acceptors (Lipinski definition) is 4. The van der Waals surface area contributed by atoms with Crippen LogP contribution in [0.3, 0.4) is 0 Å². The topological polar surface area (TPSA) is 90.0 Å². The van der Waals surface area contributed by atoms with E-state index in [0.717, 1.165) is 16.5 Å². The highest BCUT2D eigenvalue weighted by Gasteiger charge is 2.29. The number of aromatic nitrogens is 2. The summed E-state index contributed by atoms with van der Waals surface area (Å²) in [6.07, 6.45) is 2.60. The van der Waals surface area contributed by atoms with Crippen molar-refractivity contribution < 1.29 is 9.59 Å². The van der Waals surface area contributed by atoms with Crippen LogP contribution in [0, 0.1) is 0 Å². The third-order valence-electron chi connectivity index (χ3n) is 3.54. The number of carbonyl (C=O) groups excluding carboxylic acids is 2. The molecule has 1 aliphatic heterocycles. The summed E-state index contributed by atoms with van der Waals surface area (Å²) in [5, 5.41) is 7.48. The predicted molar refractivity (Wildman–Crippen MR) is 70.3 cm³/mol. The summed E-state index contributed by atoms with van der Waals surface area (Å²) in [6.45, 7) is 0. The molecule has 1 aromatic heterocycles. The van der Waals surface area contributed by atoms with Crippen molar-refractivity contribution in [1.82, 2.24) is 15.1 Å². The Morgan fingerprint density at radius 3 is 2.95 bits per heavy atom. The first-order valence-corrected chi connectivity index (χ1v) is 6.11. The number of nitrogens with two attached hydrogens (primary N) is 1. The summed E-state index contributed by atoms with van der Waals surface area (Å²) in [4.78, 5) is 23.2. The average Bonchev–Trinajstić information content (AvgIpc) is 2.71. The number of nitrogen functional groups attached to an aromatic ring is 1. The number of nitrogens with zero attached hydrogens (tertiary/aromatic N) is 2. The average molecular weight is 258 g/mol. The van der Waals surface area contributed by atoms with Crippen LogP contribution in [0.1, 0.15) is 24.3 Å². The van der Waals surface area contributed by atoms with E-state index in [1.807, 2.05) is 13.1 Å². The predicted octanol–water partition coefficient (Wildman–Crippen LogP) is 0.676. The van der Waals surface area contributed by atoms with Gasteiger partial charge in [0.2, 0.25) is 11.8 Å². The van der Waals surface area contributed by atoms with E-state index < -0.39 is 0 Å². The Labute approximate surface area is 109 Å². The number of rotatable bonds is 1. The van der Waals surface area contributed by atoms with Gasteiger partial charge in [0.1, 0.15) is 0 Å². The minimum absolute atomic E-state index is 0.215. The fraction of sp³-hybridized carbons (Fsp3) is 0.308. The van der Waals surface area contributed by atoms with Gasteiger partial charge in [-0.3, -0.25) is 19.6 Å². The van der Waals surface area contributed by atoms with Crippen LogP contribution in [0.15, 0.2) is 18.3 Å². The minimum atomic E-state index is -0.340. The Morgan fingerprint density at radius 1 is 1.42 bits per heavy atom. The molecule has 1 unspecified atom stereocenters. The highest BCUT2D eigenvalue weighted by molar-refractivity contribution is 6.03. The number of anilines is 1. The maximum atomic E-state index is 12.0. The number of nitrogens with one attached hydrogen (secondary N) is 1. The van der Waals surface area contributed by atoms with E-state index in [9.17, 15) is 9.59 Å². The lowest BCUT2D eigenvalue weighted by Crippen LogP contribution is -2.39. The second-order valence-corrected chi connectivity index (χ2v) is 4.81. The number of carbonyl (C=O) groups is 2. The summed E-state index contributed by atoms with van der Waals surface area (Å²) in [5.74, 6) is -0.813. The molecule has 1 atom stereocenters. The molecule has 3 N–H and O–H groups in total. The number of benzene rings is 1. The molecule has 6 nitrogen and oxygen atoms in total. The van der Waals surface area contributed by atoms with Crippen LogP contribution >= 0.6 is 0 Å². The lowest BCUT2D eigenvalue weighted by Gasteiger charge is -2.22. The van der Waals surface area contributed by atoms with Gasteiger partial charge in [-0.1, -0.05) is 0 Å². The quantitative estimate of drug-likeness (QED) is 0.581. The van der Waals surface area contributed by atoms with Gasteiger partial charge in [0.25, 0.3) is 0 Å². The van der Waals surface area contributed by atoms with Gasteiger partial charge in [0.15, 0.2) is 0 Å². The van der Waals surface area contributed by atoms with E-state index in [2.05, 4.69) is 10.4 Å². The number of hydrogen-bond donors (Lipinski definition) is 2. The first-order chi connectivity index (χ1) is 9.06. The molecule has 0 spiro atoms. The van der Waals surface area contributed by atoms with E-state index >= 15 is 0 Å². The normalized spacial score (nSPS) is 19.7. The third-order valence-corrected chi connectivity index (χ3v) is 3.54. The molecular formula is C13H14N4O2. The molecule has 1 aliphatic rings. The van der Waals surface area contributed by atoms with Crippen molar-refractivity contribution in [1.29, 1.82) is 0 Å². The van der Waals surface area contributed by atoms with E-state index in [1.54, 1.807) is 16.9 Å². The van der Waals surface area contributed by atoms with Crippen molar-refractivity contribution in [3.05, 3.63) is 23.9 Å². The second-order valence-electron chi connectivity index (χ2n) is 4.81. The molecule has 3 rings (SSSR count). The van der Waals surface area contributed by atoms with Crippen LogP contribution in [-0.2, 0) is 16.6 Å². The molecule has 1 fully saturated rings. The Hall–Kier alpha value is -2.37. The largest absolute Gasteiger partial charge is 0.399 e. The summed E-state index contributed by atoms with van der Waals surface area (Å²) < 4.78 is 1.72. The van der Waals surface area contributed by atoms with Gasteiger partial charge in [0, 0.05) is 24.5 Å². The van der Waals surface area contributed by atoms with Crippen LogP contribution in [0.25, 0.3) is 10.9 Å². The van der Waals surface area contributed by atoms with Crippen molar-refractivity contribution in [2.75, 3.05) is 5.73 Å². The van der Waals surface area contributed by atoms with E-state index in [0.29, 0.717) is 18.5 Å². The molecule has 0 bridgehead atoms. The maximum Gasteiger partial charge on any atom is 0.234 e. The third kappa shape index (κ3) is 1.85. The number of aryl methyl sites for hydroxylation is 1. The molecule has 0 saturated carbocycles. The number of fused-ring (bicyclic) bond motifs is 1. The summed E-state index contributed by atoms with van der Waals surface area (Å²) in [6, 6.07) is 3.63. The zero-order valence-corrected chi connectivity index (χ0v) is 10.5. The van der Waals surface area contributed by atoms with Gasteiger partial charge in [-0.05, 0) is 24.1 Å². The van der Waals surface area contributed by atoms with Crippen LogP contribution < -0.4 is 11.1 Å². The Morgan fingerprint density at radius 2 is 2.21 bits per heavy atom. The zero-order chi connectivity index (χ0) is 13.6. The van der Waals surface area contributed by atoms with E-state index in [4.69, 9.17) is 5.73 Å². The zero-order valence-electron chi connectivity index (χ0n) is 10.5. The summed E-state index contributed by atoms with van der Waals surface area (Å²) in [7, 11) is 1.83. The summed E-state index contributed by atoms with van der Waals surface area (Å²) in [5.41, 5.74) is 8.22. The molecule has 98 valence electrons. The van der Waals surface area contributed by atoms with Crippen LogP contribution in [0.4, 0.5) is 5.69 Å². The second kappa shape index (κ2) is 4.08.